The number of amides is 1. The Hall–Kier alpha value is -1.20. The number of benzene rings is 1. The first-order valence-electron chi connectivity index (χ1n) is 4.55. The van der Waals surface area contributed by atoms with Gasteiger partial charge >= 0.3 is 0 Å². The lowest BCUT2D eigenvalue weighted by Gasteiger charge is -2.03. The molecule has 2 nitrogen and oxygen atoms in total. The highest BCUT2D eigenvalue weighted by molar-refractivity contribution is 8.26. The van der Waals surface area contributed by atoms with Gasteiger partial charge in [-0.1, -0.05) is 36.1 Å². The van der Waals surface area contributed by atoms with Crippen LogP contribution in [0.2, 0.25) is 0 Å². The molecule has 1 amide bonds. The third-order valence-corrected chi connectivity index (χ3v) is 3.64. The van der Waals surface area contributed by atoms with Crippen LogP contribution in [0.5, 0.6) is 0 Å². The molecular formula is C11H8FNOS2. The summed E-state index contributed by atoms with van der Waals surface area (Å²) in [5.74, 6) is -0.403. The number of likely N-dealkylation sites (N-methyl/N-ethyl adjacent to an activating group) is 1. The summed E-state index contributed by atoms with van der Waals surface area (Å²) in [5, 5.41) is 0. The maximum atomic E-state index is 12.7. The minimum Gasteiger partial charge on any atom is -0.296 e. The highest BCUT2D eigenvalue weighted by atomic mass is 32.2. The Morgan fingerprint density at radius 3 is 2.50 bits per heavy atom. The van der Waals surface area contributed by atoms with Gasteiger partial charge in [0.25, 0.3) is 5.91 Å². The third kappa shape index (κ3) is 2.15. The Labute approximate surface area is 102 Å². The predicted molar refractivity (Wildman–Crippen MR) is 67.3 cm³/mol. The van der Waals surface area contributed by atoms with Crippen molar-refractivity contribution in [1.29, 1.82) is 0 Å². The van der Waals surface area contributed by atoms with Gasteiger partial charge in [-0.3, -0.25) is 9.69 Å². The van der Waals surface area contributed by atoms with Crippen LogP contribution in [0.25, 0.3) is 6.08 Å². The van der Waals surface area contributed by atoms with Gasteiger partial charge in [0.05, 0.1) is 4.91 Å². The number of thioether (sulfide) groups is 1. The smallest absolute Gasteiger partial charge is 0.265 e. The van der Waals surface area contributed by atoms with Gasteiger partial charge in [0, 0.05) is 7.05 Å². The van der Waals surface area contributed by atoms with Crippen LogP contribution in [-0.4, -0.2) is 22.2 Å². The topological polar surface area (TPSA) is 20.3 Å². The zero-order chi connectivity index (χ0) is 11.7. The van der Waals surface area contributed by atoms with Crippen LogP contribution in [0.15, 0.2) is 29.2 Å². The molecule has 0 saturated carbocycles. The fourth-order valence-corrected chi connectivity index (χ4v) is 2.44. The lowest BCUT2D eigenvalue weighted by molar-refractivity contribution is -0.121. The summed E-state index contributed by atoms with van der Waals surface area (Å²) in [6, 6.07) is 5.96. The molecule has 1 aromatic carbocycles. The zero-order valence-corrected chi connectivity index (χ0v) is 10.1. The molecule has 0 N–H and O–H groups in total. The molecule has 5 heteroatoms. The first-order valence-corrected chi connectivity index (χ1v) is 5.77. The molecule has 1 aliphatic heterocycles. The van der Waals surface area contributed by atoms with E-state index in [-0.39, 0.29) is 11.7 Å². The first kappa shape index (κ1) is 11.3. The largest absolute Gasteiger partial charge is 0.296 e. The molecule has 1 fully saturated rings. The summed E-state index contributed by atoms with van der Waals surface area (Å²) >= 11 is 6.26. The van der Waals surface area contributed by atoms with Gasteiger partial charge in [-0.25, -0.2) is 4.39 Å². The average molecular weight is 253 g/mol. The van der Waals surface area contributed by atoms with E-state index < -0.39 is 0 Å². The van der Waals surface area contributed by atoms with E-state index in [0.717, 1.165) is 5.56 Å². The summed E-state index contributed by atoms with van der Waals surface area (Å²) in [4.78, 5) is 13.7. The highest BCUT2D eigenvalue weighted by Gasteiger charge is 2.28. The molecular weight excluding hydrogens is 245 g/mol. The lowest BCUT2D eigenvalue weighted by Crippen LogP contribution is -2.22. The van der Waals surface area contributed by atoms with Crippen LogP contribution in [0, 0.1) is 5.82 Å². The van der Waals surface area contributed by atoms with Crippen molar-refractivity contribution in [1.82, 2.24) is 4.90 Å². The summed E-state index contributed by atoms with van der Waals surface area (Å²) in [6.45, 7) is 0. The Bertz CT molecular complexity index is 481. The molecule has 0 aromatic heterocycles. The monoisotopic (exact) mass is 253 g/mol. The number of thiocarbonyl (C=S) groups is 1. The van der Waals surface area contributed by atoms with Crippen LogP contribution in [0.3, 0.4) is 0 Å². The minimum absolute atomic E-state index is 0.112. The highest BCUT2D eigenvalue weighted by Crippen LogP contribution is 2.31. The maximum Gasteiger partial charge on any atom is 0.265 e. The molecule has 1 saturated heterocycles. The Morgan fingerprint density at radius 2 is 2.00 bits per heavy atom. The molecule has 0 bridgehead atoms. The lowest BCUT2D eigenvalue weighted by atomic mass is 10.2. The van der Waals surface area contributed by atoms with Crippen LogP contribution in [0.1, 0.15) is 5.56 Å². The molecule has 0 spiro atoms. The van der Waals surface area contributed by atoms with E-state index in [9.17, 15) is 9.18 Å². The Kier molecular flexibility index (Phi) is 3.07. The normalized spacial score (nSPS) is 18.6. The quantitative estimate of drug-likeness (QED) is 0.567. The number of hydrogen-bond acceptors (Lipinski definition) is 3. The summed E-state index contributed by atoms with van der Waals surface area (Å²) in [5.41, 5.74) is 0.787. The molecule has 16 heavy (non-hydrogen) atoms. The Morgan fingerprint density at radius 1 is 1.38 bits per heavy atom. The van der Waals surface area contributed by atoms with Crippen molar-refractivity contribution in [2.24, 2.45) is 0 Å². The van der Waals surface area contributed by atoms with E-state index in [1.54, 1.807) is 25.3 Å². The molecule has 82 valence electrons. The van der Waals surface area contributed by atoms with Crippen molar-refractivity contribution in [3.8, 4) is 0 Å². The second-order valence-electron chi connectivity index (χ2n) is 3.29. The molecule has 0 unspecified atom stereocenters. The second-order valence-corrected chi connectivity index (χ2v) is 4.97. The van der Waals surface area contributed by atoms with Crippen molar-refractivity contribution >= 4 is 40.3 Å². The first-order chi connectivity index (χ1) is 7.58. The van der Waals surface area contributed by atoms with Crippen molar-refractivity contribution in [2.75, 3.05) is 7.05 Å². The van der Waals surface area contributed by atoms with E-state index in [4.69, 9.17) is 12.2 Å². The van der Waals surface area contributed by atoms with E-state index >= 15 is 0 Å². The second kappa shape index (κ2) is 4.35. The van der Waals surface area contributed by atoms with Crippen molar-refractivity contribution in [3.63, 3.8) is 0 Å². The molecule has 1 aliphatic rings. The van der Waals surface area contributed by atoms with Gasteiger partial charge in [0.2, 0.25) is 0 Å². The number of rotatable bonds is 1. The number of halogens is 1. The summed E-state index contributed by atoms with van der Waals surface area (Å²) < 4.78 is 13.2. The molecule has 0 atom stereocenters. The maximum absolute atomic E-state index is 12.7. The van der Waals surface area contributed by atoms with E-state index in [1.807, 2.05) is 0 Å². The number of hydrogen-bond donors (Lipinski definition) is 0. The molecule has 1 aromatic rings. The number of carbonyl (C=O) groups is 1. The molecule has 0 aliphatic carbocycles. The van der Waals surface area contributed by atoms with Crippen LogP contribution in [0.4, 0.5) is 4.39 Å². The average Bonchev–Trinajstić information content (AvgIpc) is 2.50. The standard InChI is InChI=1S/C11H8FNOS2/c1-13-10(14)9(16-11(13)15)6-7-2-4-8(12)5-3-7/h2-6H,1H3/b9-6+. The van der Waals surface area contributed by atoms with E-state index in [1.165, 1.54) is 28.8 Å². The van der Waals surface area contributed by atoms with Gasteiger partial charge in [0.1, 0.15) is 10.1 Å². The summed E-state index contributed by atoms with van der Waals surface area (Å²) in [6.07, 6.45) is 1.71. The van der Waals surface area contributed by atoms with Gasteiger partial charge < -0.3 is 0 Å². The fraction of sp³-hybridized carbons (Fsp3) is 0.0909. The van der Waals surface area contributed by atoms with Gasteiger partial charge in [-0.2, -0.15) is 0 Å². The minimum atomic E-state index is -0.291. The molecule has 2 rings (SSSR count). The number of carbonyl (C=O) groups excluding carboxylic acids is 1. The predicted octanol–water partition coefficient (Wildman–Crippen LogP) is 2.66. The van der Waals surface area contributed by atoms with Gasteiger partial charge in [-0.15, -0.1) is 0 Å². The van der Waals surface area contributed by atoms with Crippen LogP contribution in [-0.2, 0) is 4.79 Å². The van der Waals surface area contributed by atoms with E-state index in [2.05, 4.69) is 0 Å². The van der Waals surface area contributed by atoms with Crippen LogP contribution >= 0.6 is 24.0 Å². The van der Waals surface area contributed by atoms with Crippen molar-refractivity contribution < 1.29 is 9.18 Å². The number of nitrogens with zero attached hydrogens (tertiary/aromatic N) is 1. The molecule has 0 radical (unpaired) electrons. The Balaban J connectivity index is 2.29. The van der Waals surface area contributed by atoms with Gasteiger partial charge in [-0.05, 0) is 23.8 Å². The van der Waals surface area contributed by atoms with E-state index in [0.29, 0.717) is 9.23 Å². The summed E-state index contributed by atoms with van der Waals surface area (Å²) in [7, 11) is 1.64. The van der Waals surface area contributed by atoms with Gasteiger partial charge in [0.15, 0.2) is 0 Å². The fourth-order valence-electron chi connectivity index (χ4n) is 1.26. The van der Waals surface area contributed by atoms with Crippen molar-refractivity contribution in [2.45, 2.75) is 0 Å². The molecule has 1 heterocycles. The SMILES string of the molecule is CN1C(=O)/C(=C\c2ccc(F)cc2)SC1=S. The third-order valence-electron chi connectivity index (χ3n) is 2.15. The zero-order valence-electron chi connectivity index (χ0n) is 8.44. The van der Waals surface area contributed by atoms with Crippen LogP contribution < -0.4 is 0 Å². The van der Waals surface area contributed by atoms with Crippen molar-refractivity contribution in [3.05, 3.63) is 40.6 Å².